The van der Waals surface area contributed by atoms with Gasteiger partial charge >= 0.3 is 0 Å². The summed E-state index contributed by atoms with van der Waals surface area (Å²) in [7, 11) is 0. The summed E-state index contributed by atoms with van der Waals surface area (Å²) in [6.45, 7) is 0.537. The molecule has 0 fully saturated rings. The van der Waals surface area contributed by atoms with Crippen molar-refractivity contribution in [1.82, 2.24) is 25.5 Å². The Bertz CT molecular complexity index is 711. The second-order valence-corrected chi connectivity index (χ2v) is 5.50. The Hall–Kier alpha value is -2.15. The van der Waals surface area contributed by atoms with Crippen LogP contribution in [0, 0.1) is 0 Å². The highest BCUT2D eigenvalue weighted by Gasteiger charge is 2.19. The fourth-order valence-corrected chi connectivity index (χ4v) is 2.85. The van der Waals surface area contributed by atoms with Gasteiger partial charge in [-0.05, 0) is 31.2 Å². The number of halogens is 1. The second kappa shape index (κ2) is 7.92. The highest BCUT2D eigenvalue weighted by atomic mass is 35.5. The topological polar surface area (TPSA) is 104 Å². The third-order valence-electron chi connectivity index (χ3n) is 3.97. The third kappa shape index (κ3) is 4.19. The van der Waals surface area contributed by atoms with Crippen LogP contribution in [-0.4, -0.2) is 32.6 Å². The lowest BCUT2D eigenvalue weighted by atomic mass is 9.91. The van der Waals surface area contributed by atoms with Gasteiger partial charge in [0.25, 0.3) is 5.56 Å². The summed E-state index contributed by atoms with van der Waals surface area (Å²) >= 11 is 0. The summed E-state index contributed by atoms with van der Waals surface area (Å²) in [6.07, 6.45) is 8.01. The van der Waals surface area contributed by atoms with E-state index in [9.17, 15) is 9.59 Å². The smallest absolute Gasteiger partial charge is 0.267 e. The summed E-state index contributed by atoms with van der Waals surface area (Å²) in [6, 6.07) is 0. The summed E-state index contributed by atoms with van der Waals surface area (Å²) < 4.78 is 0. The molecule has 1 aliphatic carbocycles. The molecule has 1 aliphatic rings. The Kier molecular flexibility index (Phi) is 5.92. The first-order valence-electron chi connectivity index (χ1n) is 7.57. The number of carbonyl (C=O) groups is 1. The number of nitrogens with one attached hydrogen (secondary N) is 3. The lowest BCUT2D eigenvalue weighted by Gasteiger charge is -2.17. The van der Waals surface area contributed by atoms with Gasteiger partial charge in [-0.15, -0.1) is 12.4 Å². The number of hydrogen-bond acceptors (Lipinski definition) is 4. The Morgan fingerprint density at radius 3 is 2.78 bits per heavy atom. The molecule has 0 aliphatic heterocycles. The Labute approximate surface area is 139 Å². The number of aromatic amines is 2. The fourth-order valence-electron chi connectivity index (χ4n) is 2.85. The first-order chi connectivity index (χ1) is 10.7. The average molecular weight is 338 g/mol. The minimum Gasteiger partial charge on any atom is -0.355 e. The van der Waals surface area contributed by atoms with E-state index in [1.165, 1.54) is 0 Å². The summed E-state index contributed by atoms with van der Waals surface area (Å²) in [5.41, 5.74) is 3.28. The number of carbonyl (C=O) groups excluding carboxylic acids is 1. The van der Waals surface area contributed by atoms with Gasteiger partial charge in [-0.1, -0.05) is 0 Å². The monoisotopic (exact) mass is 337 g/mol. The number of amides is 1. The van der Waals surface area contributed by atoms with Gasteiger partial charge in [0.2, 0.25) is 5.91 Å². The quantitative estimate of drug-likeness (QED) is 0.747. The van der Waals surface area contributed by atoms with E-state index in [0.717, 1.165) is 42.5 Å². The molecule has 0 saturated heterocycles. The molecule has 8 heteroatoms. The zero-order valence-corrected chi connectivity index (χ0v) is 13.5. The van der Waals surface area contributed by atoms with Crippen LogP contribution in [0.2, 0.25) is 0 Å². The first kappa shape index (κ1) is 17.2. The molecule has 3 N–H and O–H groups in total. The molecule has 0 aromatic carbocycles. The predicted octanol–water partition coefficient (Wildman–Crippen LogP) is 0.695. The van der Waals surface area contributed by atoms with Crippen molar-refractivity contribution in [2.45, 2.75) is 38.5 Å². The van der Waals surface area contributed by atoms with Crippen molar-refractivity contribution < 1.29 is 4.79 Å². The predicted molar refractivity (Wildman–Crippen MR) is 87.8 cm³/mol. The number of nitrogens with zero attached hydrogens (tertiary/aromatic N) is 2. The summed E-state index contributed by atoms with van der Waals surface area (Å²) in [4.78, 5) is 30.8. The summed E-state index contributed by atoms with van der Waals surface area (Å²) in [5.74, 6) is -0.0807. The molecule has 0 atom stereocenters. The number of imidazole rings is 1. The molecule has 124 valence electrons. The van der Waals surface area contributed by atoms with Crippen LogP contribution in [0.15, 0.2) is 17.3 Å². The fraction of sp³-hybridized carbons (Fsp3) is 0.467. The van der Waals surface area contributed by atoms with Gasteiger partial charge in [0, 0.05) is 24.7 Å². The number of hydrogen-bond donors (Lipinski definition) is 3. The van der Waals surface area contributed by atoms with Crippen LogP contribution in [0.1, 0.15) is 35.4 Å². The van der Waals surface area contributed by atoms with E-state index in [2.05, 4.69) is 25.5 Å². The normalized spacial score (nSPS) is 13.0. The number of H-pyrrole nitrogens is 2. The van der Waals surface area contributed by atoms with Gasteiger partial charge < -0.3 is 10.3 Å². The van der Waals surface area contributed by atoms with Gasteiger partial charge in [-0.3, -0.25) is 9.59 Å². The van der Waals surface area contributed by atoms with E-state index in [1.54, 1.807) is 6.33 Å². The molecule has 2 aromatic heterocycles. The van der Waals surface area contributed by atoms with Crippen molar-refractivity contribution in [2.24, 2.45) is 0 Å². The molecule has 0 spiro atoms. The Balaban J connectivity index is 0.00000192. The van der Waals surface area contributed by atoms with E-state index in [-0.39, 0.29) is 30.3 Å². The molecular formula is C15H20ClN5O2. The molecule has 0 unspecified atom stereocenters. The van der Waals surface area contributed by atoms with Gasteiger partial charge in [0.1, 0.15) is 0 Å². The molecule has 0 radical (unpaired) electrons. The molecule has 2 aromatic rings. The van der Waals surface area contributed by atoms with Crippen LogP contribution >= 0.6 is 12.4 Å². The Morgan fingerprint density at radius 1 is 1.26 bits per heavy atom. The zero-order chi connectivity index (χ0) is 15.4. The van der Waals surface area contributed by atoms with Crippen LogP contribution in [0.4, 0.5) is 0 Å². The molecular weight excluding hydrogens is 318 g/mol. The van der Waals surface area contributed by atoms with Crippen LogP contribution in [0.3, 0.4) is 0 Å². The lowest BCUT2D eigenvalue weighted by molar-refractivity contribution is -0.120. The molecule has 0 saturated carbocycles. The zero-order valence-electron chi connectivity index (χ0n) is 12.7. The molecule has 1 amide bonds. The highest BCUT2D eigenvalue weighted by Crippen LogP contribution is 2.20. The van der Waals surface area contributed by atoms with E-state index in [0.29, 0.717) is 18.7 Å². The number of aromatic nitrogens is 4. The van der Waals surface area contributed by atoms with Gasteiger partial charge in [0.05, 0.1) is 24.1 Å². The molecule has 2 heterocycles. The van der Waals surface area contributed by atoms with Crippen molar-refractivity contribution in [3.05, 3.63) is 45.4 Å². The third-order valence-corrected chi connectivity index (χ3v) is 3.97. The van der Waals surface area contributed by atoms with Gasteiger partial charge in [-0.25, -0.2) is 10.1 Å². The van der Waals surface area contributed by atoms with Crippen molar-refractivity contribution >= 4 is 18.3 Å². The van der Waals surface area contributed by atoms with Crippen LogP contribution < -0.4 is 10.9 Å². The van der Waals surface area contributed by atoms with E-state index >= 15 is 0 Å². The minimum atomic E-state index is -0.114. The molecule has 7 nitrogen and oxygen atoms in total. The lowest BCUT2D eigenvalue weighted by Crippen LogP contribution is -2.30. The maximum atomic E-state index is 12.0. The highest BCUT2D eigenvalue weighted by molar-refractivity contribution is 5.85. The minimum absolute atomic E-state index is 0. The van der Waals surface area contributed by atoms with Crippen LogP contribution in [0.5, 0.6) is 0 Å². The first-order valence-corrected chi connectivity index (χ1v) is 7.57. The van der Waals surface area contributed by atoms with E-state index in [4.69, 9.17) is 0 Å². The van der Waals surface area contributed by atoms with Gasteiger partial charge in [0.15, 0.2) is 0 Å². The number of fused-ring (bicyclic) bond motifs is 1. The maximum Gasteiger partial charge on any atom is 0.267 e. The molecule has 0 bridgehead atoms. The molecule has 3 rings (SSSR count). The van der Waals surface area contributed by atoms with Crippen molar-refractivity contribution in [1.29, 1.82) is 0 Å². The van der Waals surface area contributed by atoms with Gasteiger partial charge in [-0.2, -0.15) is 5.10 Å². The second-order valence-electron chi connectivity index (χ2n) is 5.50. The van der Waals surface area contributed by atoms with Crippen molar-refractivity contribution in [3.63, 3.8) is 0 Å². The van der Waals surface area contributed by atoms with Crippen LogP contribution in [-0.2, 0) is 30.5 Å². The standard InChI is InChI=1S/C15H19N5O2.ClH/c21-14(17-6-5-10-8-16-9-18-10)7-13-11-3-1-2-4-12(11)15(22)20-19-13;/h8-9H,1-7H2,(H,16,18)(H,17,21)(H,20,22);1H. The Morgan fingerprint density at radius 2 is 2.04 bits per heavy atom. The van der Waals surface area contributed by atoms with Crippen LogP contribution in [0.25, 0.3) is 0 Å². The largest absolute Gasteiger partial charge is 0.355 e. The molecule has 23 heavy (non-hydrogen) atoms. The maximum absolute atomic E-state index is 12.0. The van der Waals surface area contributed by atoms with E-state index < -0.39 is 0 Å². The summed E-state index contributed by atoms with van der Waals surface area (Å²) in [5, 5.41) is 9.45. The van der Waals surface area contributed by atoms with Crippen molar-refractivity contribution in [3.8, 4) is 0 Å². The SMILES string of the molecule is Cl.O=C(Cc1n[nH]c(=O)c2c1CCCC2)NCCc1c[nH]cn1. The van der Waals surface area contributed by atoms with Crippen molar-refractivity contribution in [2.75, 3.05) is 6.54 Å². The van der Waals surface area contributed by atoms with E-state index in [1.807, 2.05) is 6.20 Å². The average Bonchev–Trinajstić information content (AvgIpc) is 3.04. The number of rotatable bonds is 5.